The molecule has 2 N–H and O–H groups in total. The van der Waals surface area contributed by atoms with E-state index >= 15 is 0 Å². The van der Waals surface area contributed by atoms with Crippen LogP contribution in [0.2, 0.25) is 0 Å². The lowest BCUT2D eigenvalue weighted by atomic mass is 10.2. The first kappa shape index (κ1) is 19.4. The molecule has 0 saturated carbocycles. The molecule has 2 aromatic carbocycles. The minimum atomic E-state index is -0.00875. The van der Waals surface area contributed by atoms with Gasteiger partial charge in [-0.05, 0) is 17.7 Å². The number of allylic oxidation sites excluding steroid dienone is 1. The number of para-hydroxylation sites is 1. The third kappa shape index (κ3) is 4.74. The van der Waals surface area contributed by atoms with Crippen LogP contribution in [0.4, 0.5) is 5.13 Å². The SMILES string of the molecule is N#CC(=C(O)CSc1nnc(NCc2ccccc2)s1)c1nc2ccccc2s1. The van der Waals surface area contributed by atoms with E-state index in [0.717, 1.165) is 15.8 Å². The number of nitrogens with one attached hydrogen (secondary N) is 1. The summed E-state index contributed by atoms with van der Waals surface area (Å²) in [7, 11) is 0. The summed E-state index contributed by atoms with van der Waals surface area (Å²) in [5, 5.41) is 32.7. The fourth-order valence-corrected chi connectivity index (χ4v) is 5.14. The van der Waals surface area contributed by atoms with Crippen molar-refractivity contribution in [2.75, 3.05) is 11.1 Å². The molecule has 29 heavy (non-hydrogen) atoms. The molecule has 0 aliphatic heterocycles. The van der Waals surface area contributed by atoms with Crippen molar-refractivity contribution in [1.82, 2.24) is 15.2 Å². The molecule has 0 spiro atoms. The predicted octanol–water partition coefficient (Wildman–Crippen LogP) is 5.34. The third-order valence-corrected chi connectivity index (χ3v) is 7.01. The van der Waals surface area contributed by atoms with E-state index in [1.54, 1.807) is 0 Å². The Hall–Kier alpha value is -2.93. The van der Waals surface area contributed by atoms with Gasteiger partial charge in [-0.15, -0.1) is 21.5 Å². The smallest absolute Gasteiger partial charge is 0.206 e. The van der Waals surface area contributed by atoms with Crippen LogP contribution < -0.4 is 5.32 Å². The average Bonchev–Trinajstić information content (AvgIpc) is 3.39. The van der Waals surface area contributed by atoms with E-state index in [2.05, 4.69) is 26.6 Å². The summed E-state index contributed by atoms with van der Waals surface area (Å²) in [6.45, 7) is 0.668. The molecular weight excluding hydrogens is 422 g/mol. The lowest BCUT2D eigenvalue weighted by Crippen LogP contribution is -1.98. The monoisotopic (exact) mass is 437 g/mol. The molecule has 0 atom stereocenters. The predicted molar refractivity (Wildman–Crippen MR) is 119 cm³/mol. The molecule has 0 aliphatic rings. The Morgan fingerprint density at radius 3 is 2.66 bits per heavy atom. The van der Waals surface area contributed by atoms with Crippen LogP contribution in [0.5, 0.6) is 0 Å². The maximum atomic E-state index is 10.5. The Balaban J connectivity index is 1.41. The third-order valence-electron chi connectivity index (χ3n) is 3.93. The van der Waals surface area contributed by atoms with E-state index < -0.39 is 0 Å². The molecule has 2 heterocycles. The first-order chi connectivity index (χ1) is 14.2. The van der Waals surface area contributed by atoms with Gasteiger partial charge in [-0.1, -0.05) is 65.6 Å². The van der Waals surface area contributed by atoms with Gasteiger partial charge in [0.05, 0.1) is 16.0 Å². The second-order valence-corrected chi connectivity index (χ2v) is 9.15. The minimum Gasteiger partial charge on any atom is -0.510 e. The highest BCUT2D eigenvalue weighted by molar-refractivity contribution is 8.01. The fourth-order valence-electron chi connectivity index (χ4n) is 2.53. The molecule has 2 aromatic heterocycles. The van der Waals surface area contributed by atoms with Crippen LogP contribution in [-0.2, 0) is 6.54 Å². The molecule has 144 valence electrons. The molecule has 0 bridgehead atoms. The van der Waals surface area contributed by atoms with Crippen LogP contribution in [0.25, 0.3) is 15.8 Å². The Bertz CT molecular complexity index is 1160. The van der Waals surface area contributed by atoms with E-state index in [1.165, 1.54) is 34.4 Å². The van der Waals surface area contributed by atoms with Crippen LogP contribution in [0.15, 0.2) is 64.7 Å². The molecule has 0 saturated heterocycles. The van der Waals surface area contributed by atoms with Gasteiger partial charge in [0.2, 0.25) is 5.13 Å². The number of rotatable bonds is 7. The molecular formula is C20H15N5OS3. The molecule has 6 nitrogen and oxygen atoms in total. The van der Waals surface area contributed by atoms with Crippen molar-refractivity contribution in [3.8, 4) is 6.07 Å². The maximum absolute atomic E-state index is 10.5. The lowest BCUT2D eigenvalue weighted by molar-refractivity contribution is 0.421. The van der Waals surface area contributed by atoms with Gasteiger partial charge < -0.3 is 10.4 Å². The van der Waals surface area contributed by atoms with Crippen molar-refractivity contribution in [1.29, 1.82) is 5.26 Å². The van der Waals surface area contributed by atoms with Gasteiger partial charge in [0.1, 0.15) is 22.4 Å². The number of nitrogens with zero attached hydrogens (tertiary/aromatic N) is 4. The molecule has 0 amide bonds. The molecule has 0 radical (unpaired) electrons. The van der Waals surface area contributed by atoms with Crippen molar-refractivity contribution in [2.24, 2.45) is 0 Å². The number of aromatic nitrogens is 3. The number of anilines is 1. The van der Waals surface area contributed by atoms with Crippen LogP contribution in [0.1, 0.15) is 10.6 Å². The topological polar surface area (TPSA) is 94.7 Å². The molecule has 0 aliphatic carbocycles. The highest BCUT2D eigenvalue weighted by Crippen LogP contribution is 2.31. The number of benzene rings is 2. The first-order valence-electron chi connectivity index (χ1n) is 8.65. The van der Waals surface area contributed by atoms with Crippen LogP contribution in [-0.4, -0.2) is 26.0 Å². The standard InChI is InChI=1S/C20H15N5OS3/c21-10-14(18-23-15-8-4-5-9-17(15)28-18)16(26)12-27-20-25-24-19(29-20)22-11-13-6-2-1-3-7-13/h1-9,26H,11-12H2,(H,22,24). The van der Waals surface area contributed by atoms with Crippen molar-refractivity contribution in [2.45, 2.75) is 10.9 Å². The van der Waals surface area contributed by atoms with Crippen LogP contribution in [0, 0.1) is 11.3 Å². The van der Waals surface area contributed by atoms with E-state index in [-0.39, 0.29) is 17.1 Å². The summed E-state index contributed by atoms with van der Waals surface area (Å²) < 4.78 is 1.70. The number of aliphatic hydroxyl groups is 1. The number of hydrogen-bond acceptors (Lipinski definition) is 9. The lowest BCUT2D eigenvalue weighted by Gasteiger charge is -2.01. The van der Waals surface area contributed by atoms with Crippen molar-refractivity contribution in [3.05, 3.63) is 70.9 Å². The Morgan fingerprint density at radius 2 is 1.86 bits per heavy atom. The Morgan fingerprint density at radius 1 is 1.07 bits per heavy atom. The highest BCUT2D eigenvalue weighted by atomic mass is 32.2. The van der Waals surface area contributed by atoms with E-state index in [4.69, 9.17) is 0 Å². The van der Waals surface area contributed by atoms with Gasteiger partial charge in [-0.3, -0.25) is 0 Å². The molecule has 0 fully saturated rings. The number of thioether (sulfide) groups is 1. The first-order valence-corrected chi connectivity index (χ1v) is 11.3. The van der Waals surface area contributed by atoms with Gasteiger partial charge in [0.25, 0.3) is 0 Å². The number of nitriles is 1. The highest BCUT2D eigenvalue weighted by Gasteiger charge is 2.15. The van der Waals surface area contributed by atoms with Crippen LogP contribution in [0.3, 0.4) is 0 Å². The Kier molecular flexibility index (Phi) is 6.05. The summed E-state index contributed by atoms with van der Waals surface area (Å²) in [4.78, 5) is 4.45. The minimum absolute atomic E-state index is 0.00875. The molecule has 0 unspecified atom stereocenters. The zero-order chi connectivity index (χ0) is 20.1. The zero-order valence-electron chi connectivity index (χ0n) is 15.1. The summed E-state index contributed by atoms with van der Waals surface area (Å²) >= 11 is 4.14. The van der Waals surface area contributed by atoms with Gasteiger partial charge in [-0.25, -0.2) is 4.98 Å². The van der Waals surface area contributed by atoms with Gasteiger partial charge in [0, 0.05) is 6.54 Å². The van der Waals surface area contributed by atoms with Crippen molar-refractivity contribution < 1.29 is 5.11 Å². The number of aliphatic hydroxyl groups excluding tert-OH is 1. The summed E-state index contributed by atoms with van der Waals surface area (Å²) in [5.74, 6) is 0.220. The second-order valence-electron chi connectivity index (χ2n) is 5.92. The van der Waals surface area contributed by atoms with Crippen molar-refractivity contribution >= 4 is 55.4 Å². The zero-order valence-corrected chi connectivity index (χ0v) is 17.5. The number of thiazole rings is 1. The van der Waals surface area contributed by atoms with Crippen molar-refractivity contribution in [3.63, 3.8) is 0 Å². The van der Waals surface area contributed by atoms with Gasteiger partial charge in [-0.2, -0.15) is 5.26 Å². The molecule has 4 rings (SSSR count). The molecule has 9 heteroatoms. The maximum Gasteiger partial charge on any atom is 0.206 e. The normalized spacial score (nSPS) is 11.8. The Labute approximate surface area is 179 Å². The van der Waals surface area contributed by atoms with Gasteiger partial charge >= 0.3 is 0 Å². The van der Waals surface area contributed by atoms with E-state index in [9.17, 15) is 10.4 Å². The van der Waals surface area contributed by atoms with E-state index in [0.29, 0.717) is 21.0 Å². The number of fused-ring (bicyclic) bond motifs is 1. The second kappa shape index (κ2) is 9.05. The summed E-state index contributed by atoms with van der Waals surface area (Å²) in [6.07, 6.45) is 0. The number of hydrogen-bond donors (Lipinski definition) is 2. The van der Waals surface area contributed by atoms with Crippen LogP contribution >= 0.6 is 34.4 Å². The molecule has 4 aromatic rings. The van der Waals surface area contributed by atoms with Gasteiger partial charge in [0.15, 0.2) is 4.34 Å². The van der Waals surface area contributed by atoms with E-state index in [1.807, 2.05) is 54.6 Å². The summed E-state index contributed by atoms with van der Waals surface area (Å²) in [5.41, 5.74) is 2.18. The quantitative estimate of drug-likeness (QED) is 0.229. The summed E-state index contributed by atoms with van der Waals surface area (Å²) in [6, 6.07) is 19.8. The fraction of sp³-hybridized carbons (Fsp3) is 0.100. The largest absolute Gasteiger partial charge is 0.510 e. The average molecular weight is 438 g/mol.